The summed E-state index contributed by atoms with van der Waals surface area (Å²) in [5, 5.41) is 2.70. The average Bonchev–Trinajstić information content (AvgIpc) is 3.35. The number of hydrogen-bond donors (Lipinski definition) is 1. The molecular formula is C29H26F8N2O2S. The smallest absolute Gasteiger partial charge is 0.349 e. The molecule has 0 aliphatic carbocycles. The highest BCUT2D eigenvalue weighted by atomic mass is 32.2. The predicted molar refractivity (Wildman–Crippen MR) is 141 cm³/mol. The minimum atomic E-state index is -6.05. The predicted octanol–water partition coefficient (Wildman–Crippen LogP) is 7.92. The Balaban J connectivity index is 1.76. The second-order valence-electron chi connectivity index (χ2n) is 9.66. The maximum absolute atomic E-state index is 14.4. The number of hydrogen-bond acceptors (Lipinski definition) is 3. The molecule has 1 atom stereocenters. The number of benzene rings is 3. The third-order valence-corrected chi connectivity index (χ3v) is 8.48. The second kappa shape index (κ2) is 12.1. The zero-order chi connectivity index (χ0) is 30.8. The van der Waals surface area contributed by atoms with Gasteiger partial charge in [-0.2, -0.15) is 26.3 Å². The molecule has 42 heavy (non-hydrogen) atoms. The first-order chi connectivity index (χ1) is 19.7. The maximum Gasteiger partial charge on any atom is 0.430 e. The summed E-state index contributed by atoms with van der Waals surface area (Å²) in [7, 11) is 0. The fraction of sp³-hybridized carbons (Fsp3) is 0.345. The lowest BCUT2D eigenvalue weighted by Gasteiger charge is -2.38. The highest BCUT2D eigenvalue weighted by Gasteiger charge is 2.73. The number of nitrogens with one attached hydrogen (secondary N) is 1. The Morgan fingerprint density at radius 2 is 1.50 bits per heavy atom. The van der Waals surface area contributed by atoms with Crippen LogP contribution in [0.25, 0.3) is 0 Å². The quantitative estimate of drug-likeness (QED) is 0.261. The summed E-state index contributed by atoms with van der Waals surface area (Å²) < 4.78 is 118. The summed E-state index contributed by atoms with van der Waals surface area (Å²) >= 11 is 1.35. The van der Waals surface area contributed by atoms with Crippen molar-refractivity contribution >= 4 is 17.8 Å². The molecule has 3 aromatic carbocycles. The molecule has 13 heteroatoms. The van der Waals surface area contributed by atoms with E-state index in [0.29, 0.717) is 49.3 Å². The van der Waals surface area contributed by atoms with Gasteiger partial charge in [0.25, 0.3) is 5.60 Å². The average molecular weight is 619 g/mol. The molecule has 1 aliphatic rings. The van der Waals surface area contributed by atoms with Crippen LogP contribution < -0.4 is 5.32 Å². The van der Waals surface area contributed by atoms with Crippen molar-refractivity contribution in [3.05, 3.63) is 101 Å². The lowest BCUT2D eigenvalue weighted by molar-refractivity contribution is -0.392. The number of halogens is 8. The van der Waals surface area contributed by atoms with E-state index in [1.165, 1.54) is 16.7 Å². The van der Waals surface area contributed by atoms with E-state index in [2.05, 4.69) is 10.1 Å². The van der Waals surface area contributed by atoms with Gasteiger partial charge in [-0.3, -0.25) is 0 Å². The first-order valence-electron chi connectivity index (χ1n) is 12.8. The molecule has 0 bridgehead atoms. The number of thioether (sulfide) groups is 1. The molecule has 0 spiro atoms. The molecule has 1 heterocycles. The van der Waals surface area contributed by atoms with E-state index in [-0.39, 0.29) is 12.6 Å². The van der Waals surface area contributed by atoms with Crippen LogP contribution in [0.4, 0.5) is 39.9 Å². The van der Waals surface area contributed by atoms with Crippen molar-refractivity contribution in [2.45, 2.75) is 47.5 Å². The molecule has 226 valence electrons. The van der Waals surface area contributed by atoms with Gasteiger partial charge in [-0.15, -0.1) is 11.8 Å². The zero-order valence-corrected chi connectivity index (χ0v) is 23.0. The van der Waals surface area contributed by atoms with Gasteiger partial charge in [0.05, 0.1) is 11.4 Å². The number of ether oxygens (including phenoxy) is 1. The number of nitrogens with zero attached hydrogens (tertiary/aromatic N) is 1. The Kier molecular flexibility index (Phi) is 9.12. The number of rotatable bonds is 8. The normalized spacial score (nSPS) is 17.9. The summed E-state index contributed by atoms with van der Waals surface area (Å²) in [5.74, 6) is -2.69. The van der Waals surface area contributed by atoms with Gasteiger partial charge in [0.15, 0.2) is 0 Å². The Morgan fingerprint density at radius 3 is 2.05 bits per heavy atom. The zero-order valence-electron chi connectivity index (χ0n) is 22.2. The SMILES string of the molecule is CCNC(=O)N1CCC(Sc2ccccc2)(c2ccc(C(OCc3c(F)cccc3F)(C(F)(F)F)C(F)(F)F)cc2)C1. The minimum absolute atomic E-state index is 0.143. The van der Waals surface area contributed by atoms with Gasteiger partial charge < -0.3 is 15.0 Å². The van der Waals surface area contributed by atoms with Crippen LogP contribution in [0.2, 0.25) is 0 Å². The van der Waals surface area contributed by atoms with Crippen molar-refractivity contribution < 1.29 is 44.7 Å². The molecule has 2 amide bonds. The standard InChI is InChI=1S/C29H26F8N2O2S/c1-2-38-25(40)39-16-15-26(18-39,42-21-7-4-3-5-8-21)19-11-13-20(14-12-19)27(28(32,33)34,29(35,36)37)41-17-22-23(30)9-6-10-24(22)31/h3-14H,2,15-18H2,1H3,(H,38,40). The van der Waals surface area contributed by atoms with Crippen molar-refractivity contribution in [1.82, 2.24) is 10.2 Å². The number of alkyl halides is 6. The summed E-state index contributed by atoms with van der Waals surface area (Å²) in [5.41, 5.74) is -6.86. The molecular weight excluding hydrogens is 592 g/mol. The highest BCUT2D eigenvalue weighted by Crippen LogP contribution is 2.54. The van der Waals surface area contributed by atoms with E-state index in [1.807, 2.05) is 12.1 Å². The van der Waals surface area contributed by atoms with Gasteiger partial charge in [-0.05, 0) is 43.2 Å². The summed E-state index contributed by atoms with van der Waals surface area (Å²) in [6.45, 7) is 0.935. The van der Waals surface area contributed by atoms with Crippen LogP contribution >= 0.6 is 11.8 Å². The number of likely N-dealkylation sites (tertiary alicyclic amines) is 1. The van der Waals surface area contributed by atoms with Crippen LogP contribution in [-0.2, 0) is 21.7 Å². The summed E-state index contributed by atoms with van der Waals surface area (Å²) in [6, 6.07) is 14.6. The maximum atomic E-state index is 14.4. The van der Waals surface area contributed by atoms with Crippen LogP contribution in [-0.4, -0.2) is 42.9 Å². The van der Waals surface area contributed by atoms with Crippen molar-refractivity contribution in [3.8, 4) is 0 Å². The van der Waals surface area contributed by atoms with E-state index < -0.39 is 52.1 Å². The fourth-order valence-electron chi connectivity index (χ4n) is 4.90. The Hall–Kier alpha value is -3.32. The third-order valence-electron chi connectivity index (χ3n) is 7.01. The van der Waals surface area contributed by atoms with Gasteiger partial charge in [-0.25, -0.2) is 13.6 Å². The fourth-order valence-corrected chi connectivity index (χ4v) is 6.32. The number of amides is 2. The largest absolute Gasteiger partial charge is 0.430 e. The summed E-state index contributed by atoms with van der Waals surface area (Å²) in [4.78, 5) is 14.9. The van der Waals surface area contributed by atoms with Gasteiger partial charge in [0.1, 0.15) is 11.6 Å². The Bertz CT molecular complexity index is 1350. The molecule has 4 rings (SSSR count). The van der Waals surface area contributed by atoms with Crippen molar-refractivity contribution in [1.29, 1.82) is 0 Å². The number of carbonyl (C=O) groups is 1. The molecule has 3 aromatic rings. The molecule has 1 aliphatic heterocycles. The molecule has 1 unspecified atom stereocenters. The minimum Gasteiger partial charge on any atom is -0.349 e. The van der Waals surface area contributed by atoms with E-state index in [1.54, 1.807) is 25.1 Å². The van der Waals surface area contributed by atoms with Crippen LogP contribution in [0.1, 0.15) is 30.0 Å². The van der Waals surface area contributed by atoms with Gasteiger partial charge >= 0.3 is 18.4 Å². The highest BCUT2D eigenvalue weighted by molar-refractivity contribution is 8.00. The van der Waals surface area contributed by atoms with Crippen molar-refractivity contribution in [2.75, 3.05) is 19.6 Å². The molecule has 1 saturated heterocycles. The lowest BCUT2D eigenvalue weighted by Crippen LogP contribution is -2.56. The lowest BCUT2D eigenvalue weighted by atomic mass is 9.88. The van der Waals surface area contributed by atoms with E-state index in [9.17, 15) is 39.9 Å². The van der Waals surface area contributed by atoms with Crippen molar-refractivity contribution in [3.63, 3.8) is 0 Å². The third kappa shape index (κ3) is 6.07. The van der Waals surface area contributed by atoms with Crippen LogP contribution in [0.5, 0.6) is 0 Å². The molecule has 1 N–H and O–H groups in total. The molecule has 0 saturated carbocycles. The van der Waals surface area contributed by atoms with E-state index in [4.69, 9.17) is 0 Å². The topological polar surface area (TPSA) is 41.6 Å². The number of urea groups is 1. The summed E-state index contributed by atoms with van der Waals surface area (Å²) in [6.07, 6.45) is -11.7. The van der Waals surface area contributed by atoms with Crippen molar-refractivity contribution in [2.24, 2.45) is 0 Å². The van der Waals surface area contributed by atoms with Crippen LogP contribution in [0, 0.1) is 11.6 Å². The van der Waals surface area contributed by atoms with Gasteiger partial charge in [0, 0.05) is 35.7 Å². The first-order valence-corrected chi connectivity index (χ1v) is 13.6. The first kappa shape index (κ1) is 31.6. The van der Waals surface area contributed by atoms with Gasteiger partial charge in [-0.1, -0.05) is 48.5 Å². The van der Waals surface area contributed by atoms with E-state index >= 15 is 0 Å². The van der Waals surface area contributed by atoms with Crippen LogP contribution in [0.15, 0.2) is 77.7 Å². The molecule has 0 aromatic heterocycles. The molecule has 1 fully saturated rings. The van der Waals surface area contributed by atoms with E-state index in [0.717, 1.165) is 23.1 Å². The Labute approximate surface area is 241 Å². The number of carbonyl (C=O) groups excluding carboxylic acids is 1. The molecule has 0 radical (unpaired) electrons. The second-order valence-corrected chi connectivity index (χ2v) is 11.1. The molecule has 4 nitrogen and oxygen atoms in total. The van der Waals surface area contributed by atoms with Crippen LogP contribution in [0.3, 0.4) is 0 Å². The van der Waals surface area contributed by atoms with Gasteiger partial charge in [0.2, 0.25) is 0 Å². The Morgan fingerprint density at radius 1 is 0.905 bits per heavy atom. The monoisotopic (exact) mass is 618 g/mol.